The minimum Gasteiger partial charge on any atom is -0.491 e. The summed E-state index contributed by atoms with van der Waals surface area (Å²) in [6.07, 6.45) is 4.01. The van der Waals surface area contributed by atoms with Gasteiger partial charge in [-0.2, -0.15) is 0 Å². The molecule has 2 rings (SSSR count). The molecule has 6 heteroatoms. The number of benzene rings is 1. The molecule has 0 aliphatic rings. The van der Waals surface area contributed by atoms with Gasteiger partial charge < -0.3 is 10.1 Å². The van der Waals surface area contributed by atoms with E-state index in [0.29, 0.717) is 6.42 Å². The summed E-state index contributed by atoms with van der Waals surface area (Å²) in [6.45, 7) is 0. The number of halogens is 2. The number of nitrogens with one attached hydrogen (secondary N) is 1. The molecule has 0 aliphatic carbocycles. The molecule has 21 heavy (non-hydrogen) atoms. The first-order valence-corrected chi connectivity index (χ1v) is 6.32. The molecule has 1 N–H and O–H groups in total. The molecule has 0 saturated heterocycles. The highest BCUT2D eigenvalue weighted by Crippen LogP contribution is 2.25. The number of rotatable bonds is 5. The van der Waals surface area contributed by atoms with Gasteiger partial charge in [0.05, 0.1) is 7.11 Å². The molecule has 4 nitrogen and oxygen atoms in total. The maximum Gasteiger partial charge on any atom is 0.224 e. The SMILES string of the molecule is COc1c(F)cc(NC(=O)CCc2cccnc2)cc1F. The Kier molecular flexibility index (Phi) is 4.81. The molecule has 1 heterocycles. The Hall–Kier alpha value is -2.50. The zero-order valence-electron chi connectivity index (χ0n) is 11.4. The second-order valence-corrected chi connectivity index (χ2v) is 4.38. The van der Waals surface area contributed by atoms with Crippen LogP contribution in [0.25, 0.3) is 0 Å². The van der Waals surface area contributed by atoms with Gasteiger partial charge in [0.15, 0.2) is 17.4 Å². The highest BCUT2D eigenvalue weighted by Gasteiger charge is 2.13. The number of nitrogens with zero attached hydrogens (tertiary/aromatic N) is 1. The lowest BCUT2D eigenvalue weighted by atomic mass is 10.1. The zero-order valence-corrected chi connectivity index (χ0v) is 11.4. The molecule has 110 valence electrons. The first kappa shape index (κ1) is 14.9. The Morgan fingerprint density at radius 2 is 2.05 bits per heavy atom. The molecule has 2 aromatic rings. The molecule has 0 spiro atoms. The van der Waals surface area contributed by atoms with E-state index >= 15 is 0 Å². The van der Waals surface area contributed by atoms with E-state index in [1.54, 1.807) is 18.5 Å². The quantitative estimate of drug-likeness (QED) is 0.921. The first-order valence-electron chi connectivity index (χ1n) is 6.32. The second-order valence-electron chi connectivity index (χ2n) is 4.38. The average molecular weight is 292 g/mol. The fourth-order valence-corrected chi connectivity index (χ4v) is 1.85. The summed E-state index contributed by atoms with van der Waals surface area (Å²) in [5.41, 5.74) is 0.974. The van der Waals surface area contributed by atoms with Gasteiger partial charge >= 0.3 is 0 Å². The smallest absolute Gasteiger partial charge is 0.224 e. The highest BCUT2D eigenvalue weighted by molar-refractivity contribution is 5.90. The molecule has 1 aromatic heterocycles. The largest absolute Gasteiger partial charge is 0.491 e. The molecular weight excluding hydrogens is 278 g/mol. The Balaban J connectivity index is 1.97. The zero-order chi connectivity index (χ0) is 15.2. The van der Waals surface area contributed by atoms with Crippen LogP contribution in [0, 0.1) is 11.6 Å². The Morgan fingerprint density at radius 1 is 1.33 bits per heavy atom. The van der Waals surface area contributed by atoms with E-state index in [2.05, 4.69) is 15.0 Å². The van der Waals surface area contributed by atoms with Gasteiger partial charge in [-0.1, -0.05) is 6.07 Å². The molecule has 0 bridgehead atoms. The molecule has 1 aromatic carbocycles. The van der Waals surface area contributed by atoms with E-state index in [9.17, 15) is 13.6 Å². The number of aryl methyl sites for hydroxylation is 1. The monoisotopic (exact) mass is 292 g/mol. The van der Waals surface area contributed by atoms with Crippen molar-refractivity contribution in [1.29, 1.82) is 0 Å². The van der Waals surface area contributed by atoms with Gasteiger partial charge in [-0.15, -0.1) is 0 Å². The summed E-state index contributed by atoms with van der Waals surface area (Å²) in [5.74, 6) is -2.52. The van der Waals surface area contributed by atoms with Crippen molar-refractivity contribution in [2.75, 3.05) is 12.4 Å². The summed E-state index contributed by atoms with van der Waals surface area (Å²) < 4.78 is 31.5. The number of anilines is 1. The number of amides is 1. The lowest BCUT2D eigenvalue weighted by Gasteiger charge is -2.08. The van der Waals surface area contributed by atoms with E-state index < -0.39 is 17.4 Å². The van der Waals surface area contributed by atoms with Gasteiger partial charge in [0.1, 0.15) is 0 Å². The normalized spacial score (nSPS) is 10.2. The number of aromatic nitrogens is 1. The Morgan fingerprint density at radius 3 is 2.62 bits per heavy atom. The van der Waals surface area contributed by atoms with Gasteiger partial charge in [0.25, 0.3) is 0 Å². The van der Waals surface area contributed by atoms with Gasteiger partial charge in [-0.25, -0.2) is 8.78 Å². The van der Waals surface area contributed by atoms with Crippen LogP contribution >= 0.6 is 0 Å². The molecular formula is C15H14F2N2O2. The van der Waals surface area contributed by atoms with Gasteiger partial charge in [-0.05, 0) is 18.1 Å². The van der Waals surface area contributed by atoms with Gasteiger partial charge in [0.2, 0.25) is 5.91 Å². The highest BCUT2D eigenvalue weighted by atomic mass is 19.1. The summed E-state index contributed by atoms with van der Waals surface area (Å²) in [4.78, 5) is 15.7. The standard InChI is InChI=1S/C15H14F2N2O2/c1-21-15-12(16)7-11(8-13(15)17)19-14(20)5-4-10-3-2-6-18-9-10/h2-3,6-9H,4-5H2,1H3,(H,19,20). The number of carbonyl (C=O) groups excluding carboxylic acids is 1. The summed E-state index contributed by atoms with van der Waals surface area (Å²) in [6, 6.07) is 5.67. The number of pyridine rings is 1. The van der Waals surface area contributed by atoms with Gasteiger partial charge in [-0.3, -0.25) is 9.78 Å². The molecule has 0 aliphatic heterocycles. The van der Waals surface area contributed by atoms with Crippen LogP contribution in [0.4, 0.5) is 14.5 Å². The number of carbonyl (C=O) groups is 1. The van der Waals surface area contributed by atoms with Crippen molar-refractivity contribution in [3.63, 3.8) is 0 Å². The third-order valence-electron chi connectivity index (χ3n) is 2.85. The van der Waals surface area contributed by atoms with Crippen LogP contribution in [-0.4, -0.2) is 18.0 Å². The van der Waals surface area contributed by atoms with Crippen molar-refractivity contribution in [3.8, 4) is 5.75 Å². The minimum atomic E-state index is -0.861. The molecule has 0 atom stereocenters. The van der Waals surface area contributed by atoms with Crippen molar-refractivity contribution in [1.82, 2.24) is 4.98 Å². The molecule has 0 unspecified atom stereocenters. The van der Waals surface area contributed by atoms with Crippen LogP contribution < -0.4 is 10.1 Å². The van der Waals surface area contributed by atoms with Crippen LogP contribution in [0.5, 0.6) is 5.75 Å². The average Bonchev–Trinajstić information content (AvgIpc) is 2.46. The fourth-order valence-electron chi connectivity index (χ4n) is 1.85. The van der Waals surface area contributed by atoms with Crippen molar-refractivity contribution in [2.45, 2.75) is 12.8 Å². The Labute approximate surface area is 120 Å². The fraction of sp³-hybridized carbons (Fsp3) is 0.200. The summed E-state index contributed by atoms with van der Waals surface area (Å²) >= 11 is 0. The topological polar surface area (TPSA) is 51.2 Å². The number of hydrogen-bond acceptors (Lipinski definition) is 3. The van der Waals surface area contributed by atoms with Crippen LogP contribution in [0.15, 0.2) is 36.7 Å². The van der Waals surface area contributed by atoms with Crippen molar-refractivity contribution in [3.05, 3.63) is 53.9 Å². The van der Waals surface area contributed by atoms with E-state index in [0.717, 1.165) is 17.7 Å². The lowest BCUT2D eigenvalue weighted by Crippen LogP contribution is -2.13. The molecule has 0 fully saturated rings. The van der Waals surface area contributed by atoms with Crippen LogP contribution in [0.3, 0.4) is 0 Å². The van der Waals surface area contributed by atoms with Crippen molar-refractivity contribution < 1.29 is 18.3 Å². The van der Waals surface area contributed by atoms with Crippen LogP contribution in [0.1, 0.15) is 12.0 Å². The van der Waals surface area contributed by atoms with Gasteiger partial charge in [0, 0.05) is 36.6 Å². The van der Waals surface area contributed by atoms with Crippen LogP contribution in [0.2, 0.25) is 0 Å². The molecule has 1 amide bonds. The third-order valence-corrected chi connectivity index (χ3v) is 2.85. The van der Waals surface area contributed by atoms with E-state index in [4.69, 9.17) is 0 Å². The van der Waals surface area contributed by atoms with Crippen molar-refractivity contribution in [2.24, 2.45) is 0 Å². The first-order chi connectivity index (χ1) is 10.1. The molecule has 0 saturated carbocycles. The Bertz CT molecular complexity index is 610. The maximum atomic E-state index is 13.5. The van der Waals surface area contributed by atoms with Crippen molar-refractivity contribution >= 4 is 11.6 Å². The number of methoxy groups -OCH3 is 1. The van der Waals surface area contributed by atoms with E-state index in [1.807, 2.05) is 6.07 Å². The summed E-state index contributed by atoms with van der Waals surface area (Å²) in [7, 11) is 1.17. The second kappa shape index (κ2) is 6.78. The molecule has 0 radical (unpaired) electrons. The lowest BCUT2D eigenvalue weighted by molar-refractivity contribution is -0.116. The van der Waals surface area contributed by atoms with Crippen LogP contribution in [-0.2, 0) is 11.2 Å². The number of hydrogen-bond donors (Lipinski definition) is 1. The summed E-state index contributed by atoms with van der Waals surface area (Å²) in [5, 5.41) is 2.45. The minimum absolute atomic E-state index is 0.0574. The van der Waals surface area contributed by atoms with E-state index in [1.165, 1.54) is 7.11 Å². The third kappa shape index (κ3) is 3.98. The predicted octanol–water partition coefficient (Wildman–Crippen LogP) is 2.94. The number of ether oxygens (including phenoxy) is 1. The van der Waals surface area contributed by atoms with E-state index in [-0.39, 0.29) is 18.0 Å². The maximum absolute atomic E-state index is 13.5. The predicted molar refractivity (Wildman–Crippen MR) is 74.1 cm³/mol.